The van der Waals surface area contributed by atoms with Crippen LogP contribution in [0.25, 0.3) is 10.8 Å². The van der Waals surface area contributed by atoms with E-state index in [2.05, 4.69) is 55.7 Å². The van der Waals surface area contributed by atoms with E-state index in [4.69, 9.17) is 10.5 Å². The molecule has 4 aromatic carbocycles. The highest BCUT2D eigenvalue weighted by Crippen LogP contribution is 2.25. The van der Waals surface area contributed by atoms with E-state index in [9.17, 15) is 20.1 Å². The zero-order valence-corrected chi connectivity index (χ0v) is 25.2. The second-order valence-corrected chi connectivity index (χ2v) is 11.0. The molecule has 0 aliphatic rings. The van der Waals surface area contributed by atoms with E-state index >= 15 is 0 Å². The molecule has 0 aliphatic carbocycles. The molecule has 0 saturated carbocycles. The molecule has 0 aliphatic heterocycles. The lowest BCUT2D eigenvalue weighted by Crippen LogP contribution is -2.35. The maximum Gasteiger partial charge on any atom is 0.252 e. The summed E-state index contributed by atoms with van der Waals surface area (Å²) >= 11 is 0. The number of ether oxygens (including phenoxy) is 1. The molecule has 0 aromatic heterocycles. The number of aromatic hydroxyl groups is 1. The van der Waals surface area contributed by atoms with Gasteiger partial charge in [0, 0.05) is 30.6 Å². The Morgan fingerprint density at radius 2 is 1.56 bits per heavy atom. The molecule has 0 radical (unpaired) electrons. The van der Waals surface area contributed by atoms with E-state index in [0.717, 1.165) is 29.4 Å². The Morgan fingerprint density at radius 1 is 0.860 bits per heavy atom. The zero-order chi connectivity index (χ0) is 31.2. The van der Waals surface area contributed by atoms with Crippen molar-refractivity contribution in [2.24, 2.45) is 5.73 Å². The molecular weight excluding hydrogens is 542 g/mol. The van der Waals surface area contributed by atoms with Gasteiger partial charge in [-0.05, 0) is 54.5 Å². The zero-order valence-electron chi connectivity index (χ0n) is 25.2. The molecule has 8 nitrogen and oxygen atoms in total. The fraction of sp³-hybridized carbons (Fsp3) is 0.343. The van der Waals surface area contributed by atoms with Crippen LogP contribution in [0.5, 0.6) is 11.5 Å². The standard InChI is InChI=1S/C19H24N2O3.C16H21NO2/c1-13(7-8-14-5-3-2-4-6-14)21-12-18(23)15-9-10-17(22)16(11-15)19(20)24;1-12(2)17-10-14(18)11-19-16-9-5-7-13-6-3-4-8-15(13)16/h2-6,9-11,13,18,21-23H,7-8,12H2,1H3,(H2,20,24);3-9,12,14,17-18H,10-11H2,1-2H3. The molecule has 43 heavy (non-hydrogen) atoms. The van der Waals surface area contributed by atoms with E-state index in [0.29, 0.717) is 31.3 Å². The topological polar surface area (TPSA) is 137 Å². The van der Waals surface area contributed by atoms with Crippen molar-refractivity contribution in [2.45, 2.75) is 57.9 Å². The minimum absolute atomic E-state index is 0.0173. The van der Waals surface area contributed by atoms with Gasteiger partial charge >= 0.3 is 0 Å². The highest BCUT2D eigenvalue weighted by molar-refractivity contribution is 5.95. The summed E-state index contributed by atoms with van der Waals surface area (Å²) < 4.78 is 5.72. The Kier molecular flexibility index (Phi) is 13.4. The number of amides is 1. The fourth-order valence-electron chi connectivity index (χ4n) is 4.46. The highest BCUT2D eigenvalue weighted by Gasteiger charge is 2.14. The lowest BCUT2D eigenvalue weighted by atomic mass is 10.0. The molecule has 4 aromatic rings. The van der Waals surface area contributed by atoms with Crippen LogP contribution in [-0.4, -0.2) is 59.1 Å². The van der Waals surface area contributed by atoms with Crippen LogP contribution in [0.15, 0.2) is 91.0 Å². The summed E-state index contributed by atoms with van der Waals surface area (Å²) in [6, 6.07) is 29.3. The molecule has 3 unspecified atom stereocenters. The van der Waals surface area contributed by atoms with E-state index < -0.39 is 18.1 Å². The molecule has 1 amide bonds. The molecule has 4 rings (SSSR count). The van der Waals surface area contributed by atoms with Crippen LogP contribution in [0.4, 0.5) is 0 Å². The number of hydrogen-bond acceptors (Lipinski definition) is 7. The van der Waals surface area contributed by atoms with Crippen LogP contribution in [0.1, 0.15) is 54.8 Å². The van der Waals surface area contributed by atoms with Gasteiger partial charge in [-0.25, -0.2) is 0 Å². The smallest absolute Gasteiger partial charge is 0.252 e. The Hall–Kier alpha value is -3.95. The Morgan fingerprint density at radius 3 is 2.28 bits per heavy atom. The van der Waals surface area contributed by atoms with E-state index in [1.165, 1.54) is 17.7 Å². The molecule has 7 N–H and O–H groups in total. The summed E-state index contributed by atoms with van der Waals surface area (Å²) in [5.41, 5.74) is 7.06. The SMILES string of the molecule is CC(C)NCC(O)COc1cccc2ccccc12.CC(CCc1ccccc1)NCC(O)c1ccc(O)c(C(N)=O)c1. The van der Waals surface area contributed by atoms with Crippen LogP contribution in [0.3, 0.4) is 0 Å². The normalized spacial score (nSPS) is 13.2. The number of aliphatic hydroxyl groups is 2. The van der Waals surface area contributed by atoms with Crippen LogP contribution in [0, 0.1) is 0 Å². The first-order valence-electron chi connectivity index (χ1n) is 14.7. The van der Waals surface area contributed by atoms with Crippen molar-refractivity contribution in [3.63, 3.8) is 0 Å². The predicted octanol–water partition coefficient (Wildman–Crippen LogP) is 4.71. The lowest BCUT2D eigenvalue weighted by Gasteiger charge is -2.18. The number of primary amides is 1. The van der Waals surface area contributed by atoms with Gasteiger partial charge in [0.2, 0.25) is 0 Å². The summed E-state index contributed by atoms with van der Waals surface area (Å²) in [5.74, 6) is -0.0740. The van der Waals surface area contributed by atoms with Crippen molar-refractivity contribution in [3.05, 3.63) is 108 Å². The van der Waals surface area contributed by atoms with Gasteiger partial charge in [-0.2, -0.15) is 0 Å². The molecule has 230 valence electrons. The number of rotatable bonds is 14. The molecule has 0 heterocycles. The number of carbonyl (C=O) groups is 1. The first kappa shape index (κ1) is 33.6. The van der Waals surface area contributed by atoms with Crippen LogP contribution < -0.4 is 21.1 Å². The molecule has 8 heteroatoms. The molecule has 0 bridgehead atoms. The van der Waals surface area contributed by atoms with Crippen LogP contribution in [-0.2, 0) is 6.42 Å². The second kappa shape index (κ2) is 17.2. The van der Waals surface area contributed by atoms with E-state index in [-0.39, 0.29) is 17.4 Å². The monoisotopic (exact) mass is 587 g/mol. The van der Waals surface area contributed by atoms with Crippen molar-refractivity contribution >= 4 is 16.7 Å². The number of nitrogens with one attached hydrogen (secondary N) is 2. The molecule has 0 fully saturated rings. The number of carbonyl (C=O) groups excluding carboxylic acids is 1. The summed E-state index contributed by atoms with van der Waals surface area (Å²) in [4.78, 5) is 11.2. The van der Waals surface area contributed by atoms with Crippen LogP contribution >= 0.6 is 0 Å². The highest BCUT2D eigenvalue weighted by atomic mass is 16.5. The lowest BCUT2D eigenvalue weighted by molar-refractivity contribution is 0.0997. The van der Waals surface area contributed by atoms with E-state index in [1.54, 1.807) is 6.07 Å². The predicted molar refractivity (Wildman–Crippen MR) is 172 cm³/mol. The van der Waals surface area contributed by atoms with Crippen LogP contribution in [0.2, 0.25) is 0 Å². The number of nitrogens with two attached hydrogens (primary N) is 1. The van der Waals surface area contributed by atoms with Crippen molar-refractivity contribution in [1.29, 1.82) is 0 Å². The largest absolute Gasteiger partial charge is 0.507 e. The van der Waals surface area contributed by atoms with Gasteiger partial charge in [0.1, 0.15) is 24.2 Å². The third-order valence-corrected chi connectivity index (χ3v) is 6.98. The van der Waals surface area contributed by atoms with Gasteiger partial charge in [-0.1, -0.05) is 86.6 Å². The average Bonchev–Trinajstić information content (AvgIpc) is 3.01. The number of hydrogen-bond donors (Lipinski definition) is 6. The minimum atomic E-state index is -0.775. The van der Waals surface area contributed by atoms with Gasteiger partial charge in [-0.15, -0.1) is 0 Å². The Labute approximate surface area is 254 Å². The third-order valence-electron chi connectivity index (χ3n) is 6.98. The number of fused-ring (bicyclic) bond motifs is 1. The molecular formula is C35H45N3O5. The Balaban J connectivity index is 0.000000242. The Bertz CT molecular complexity index is 1410. The molecule has 0 saturated heterocycles. The van der Waals surface area contributed by atoms with Crippen molar-refractivity contribution < 1.29 is 24.9 Å². The number of phenols is 1. The van der Waals surface area contributed by atoms with Gasteiger partial charge in [0.15, 0.2) is 0 Å². The molecule has 0 spiro atoms. The summed E-state index contributed by atoms with van der Waals surface area (Å²) in [6.45, 7) is 7.38. The summed E-state index contributed by atoms with van der Waals surface area (Å²) in [6.07, 6.45) is 0.652. The third kappa shape index (κ3) is 11.3. The van der Waals surface area contributed by atoms with E-state index in [1.807, 2.05) is 48.5 Å². The quantitative estimate of drug-likeness (QED) is 0.126. The first-order chi connectivity index (χ1) is 20.6. The number of aryl methyl sites for hydroxylation is 1. The number of aliphatic hydroxyl groups excluding tert-OH is 2. The fourth-order valence-corrected chi connectivity index (χ4v) is 4.46. The average molecular weight is 588 g/mol. The summed E-state index contributed by atoms with van der Waals surface area (Å²) in [7, 11) is 0. The second-order valence-electron chi connectivity index (χ2n) is 11.0. The van der Waals surface area contributed by atoms with Crippen molar-refractivity contribution in [3.8, 4) is 11.5 Å². The van der Waals surface area contributed by atoms with Gasteiger partial charge in [0.25, 0.3) is 5.91 Å². The van der Waals surface area contributed by atoms with Gasteiger partial charge < -0.3 is 36.4 Å². The van der Waals surface area contributed by atoms with Crippen molar-refractivity contribution in [1.82, 2.24) is 10.6 Å². The van der Waals surface area contributed by atoms with Gasteiger partial charge in [-0.3, -0.25) is 4.79 Å². The van der Waals surface area contributed by atoms with Gasteiger partial charge in [0.05, 0.1) is 11.7 Å². The number of benzene rings is 4. The molecule has 3 atom stereocenters. The maximum absolute atomic E-state index is 11.2. The summed E-state index contributed by atoms with van der Waals surface area (Å²) in [5, 5.41) is 38.4. The first-order valence-corrected chi connectivity index (χ1v) is 14.7. The van der Waals surface area contributed by atoms with Crippen molar-refractivity contribution in [2.75, 3.05) is 19.7 Å². The minimum Gasteiger partial charge on any atom is -0.507 e. The maximum atomic E-state index is 11.2.